The number of aromatic nitrogens is 2. The predicted octanol–water partition coefficient (Wildman–Crippen LogP) is 2.01. The Kier molecular flexibility index (Phi) is 4.65. The van der Waals surface area contributed by atoms with Crippen molar-refractivity contribution in [1.82, 2.24) is 15.3 Å². The van der Waals surface area contributed by atoms with E-state index in [-0.39, 0.29) is 0 Å². The van der Waals surface area contributed by atoms with Crippen LogP contribution in [0.2, 0.25) is 0 Å². The summed E-state index contributed by atoms with van der Waals surface area (Å²) in [7, 11) is 1.69. The number of hydrogen-bond acceptors (Lipinski definition) is 5. The molecule has 1 saturated heterocycles. The number of benzene rings is 1. The highest BCUT2D eigenvalue weighted by Gasteiger charge is 2.15. The summed E-state index contributed by atoms with van der Waals surface area (Å²) in [6, 6.07) is 10.4. The van der Waals surface area contributed by atoms with Gasteiger partial charge in [-0.1, -0.05) is 29.8 Å². The van der Waals surface area contributed by atoms with E-state index >= 15 is 0 Å². The van der Waals surface area contributed by atoms with E-state index in [1.807, 2.05) is 6.07 Å². The van der Waals surface area contributed by atoms with Gasteiger partial charge in [-0.2, -0.15) is 0 Å². The Balaban J connectivity index is 1.97. The van der Waals surface area contributed by atoms with Crippen LogP contribution in [0.3, 0.4) is 0 Å². The molecule has 1 aliphatic rings. The van der Waals surface area contributed by atoms with Gasteiger partial charge in [0, 0.05) is 44.9 Å². The largest absolute Gasteiger partial charge is 0.378 e. The first-order valence-electron chi connectivity index (χ1n) is 7.66. The Morgan fingerprint density at radius 1 is 1.14 bits per heavy atom. The van der Waals surface area contributed by atoms with Crippen molar-refractivity contribution in [1.29, 1.82) is 0 Å². The van der Waals surface area contributed by atoms with Gasteiger partial charge < -0.3 is 15.0 Å². The summed E-state index contributed by atoms with van der Waals surface area (Å²) < 4.78 is 5.26. The van der Waals surface area contributed by atoms with Gasteiger partial charge in [-0.25, -0.2) is 9.97 Å². The molecule has 0 unspecified atom stereocenters. The van der Waals surface area contributed by atoms with Crippen molar-refractivity contribution in [3.63, 3.8) is 0 Å². The van der Waals surface area contributed by atoms with Gasteiger partial charge in [-0.15, -0.1) is 0 Å². The van der Waals surface area contributed by atoms with Gasteiger partial charge in [0.15, 0.2) is 5.82 Å². The fourth-order valence-electron chi connectivity index (χ4n) is 2.59. The zero-order valence-electron chi connectivity index (χ0n) is 13.2. The standard InChI is InChI=1S/C17H22N4O/c1-13-3-5-14(6-4-13)17-19-15(12-22-2)11-16(20-17)21-9-7-18-8-10-21/h3-6,11,18H,7-10,12H2,1-2H3. The highest BCUT2D eigenvalue weighted by molar-refractivity contribution is 5.58. The zero-order valence-corrected chi connectivity index (χ0v) is 13.2. The summed E-state index contributed by atoms with van der Waals surface area (Å²) in [5.41, 5.74) is 3.20. The second kappa shape index (κ2) is 6.85. The third-order valence-electron chi connectivity index (χ3n) is 3.81. The van der Waals surface area contributed by atoms with E-state index in [1.165, 1.54) is 5.56 Å². The molecule has 116 valence electrons. The molecule has 0 aliphatic carbocycles. The second-order valence-corrected chi connectivity index (χ2v) is 5.58. The molecule has 0 amide bonds. The van der Waals surface area contributed by atoms with Crippen molar-refractivity contribution < 1.29 is 4.74 Å². The second-order valence-electron chi connectivity index (χ2n) is 5.58. The third-order valence-corrected chi connectivity index (χ3v) is 3.81. The Bertz CT molecular complexity index is 621. The minimum Gasteiger partial charge on any atom is -0.378 e. The molecule has 0 saturated carbocycles. The lowest BCUT2D eigenvalue weighted by Gasteiger charge is -2.28. The van der Waals surface area contributed by atoms with Crippen molar-refractivity contribution in [3.8, 4) is 11.4 Å². The van der Waals surface area contributed by atoms with Crippen LogP contribution in [0.25, 0.3) is 11.4 Å². The number of ether oxygens (including phenoxy) is 1. The molecule has 2 heterocycles. The van der Waals surface area contributed by atoms with Crippen LogP contribution in [0, 0.1) is 6.92 Å². The number of aryl methyl sites for hydroxylation is 1. The predicted molar refractivity (Wildman–Crippen MR) is 88.0 cm³/mol. The Hall–Kier alpha value is -1.98. The summed E-state index contributed by atoms with van der Waals surface area (Å²) >= 11 is 0. The van der Waals surface area contributed by atoms with Crippen LogP contribution in [0.4, 0.5) is 5.82 Å². The summed E-state index contributed by atoms with van der Waals surface area (Å²) in [4.78, 5) is 11.7. The molecule has 1 aromatic heterocycles. The van der Waals surface area contributed by atoms with Crippen molar-refractivity contribution >= 4 is 5.82 Å². The fraction of sp³-hybridized carbons (Fsp3) is 0.412. The molecule has 0 spiro atoms. The first kappa shape index (κ1) is 14.9. The lowest BCUT2D eigenvalue weighted by atomic mass is 10.1. The lowest BCUT2D eigenvalue weighted by Crippen LogP contribution is -2.44. The molecule has 0 radical (unpaired) electrons. The average molecular weight is 298 g/mol. The SMILES string of the molecule is COCc1cc(N2CCNCC2)nc(-c2ccc(C)cc2)n1. The molecule has 5 heteroatoms. The van der Waals surface area contributed by atoms with Crippen LogP contribution in [0.15, 0.2) is 30.3 Å². The van der Waals surface area contributed by atoms with Crippen LogP contribution in [-0.2, 0) is 11.3 Å². The Morgan fingerprint density at radius 2 is 1.86 bits per heavy atom. The van der Waals surface area contributed by atoms with Crippen LogP contribution >= 0.6 is 0 Å². The maximum Gasteiger partial charge on any atom is 0.161 e. The van der Waals surface area contributed by atoms with E-state index in [0.717, 1.165) is 49.1 Å². The molecule has 2 aromatic rings. The van der Waals surface area contributed by atoms with E-state index in [0.29, 0.717) is 6.61 Å². The highest BCUT2D eigenvalue weighted by Crippen LogP contribution is 2.21. The number of hydrogen-bond donors (Lipinski definition) is 1. The normalized spacial score (nSPS) is 15.1. The Labute approximate surface area is 131 Å². The molecule has 0 atom stereocenters. The molecular weight excluding hydrogens is 276 g/mol. The van der Waals surface area contributed by atoms with Crippen LogP contribution < -0.4 is 10.2 Å². The number of piperazine rings is 1. The van der Waals surface area contributed by atoms with E-state index in [4.69, 9.17) is 9.72 Å². The smallest absolute Gasteiger partial charge is 0.161 e. The van der Waals surface area contributed by atoms with Crippen LogP contribution in [0.5, 0.6) is 0 Å². The van der Waals surface area contributed by atoms with Crippen molar-refractivity contribution in [3.05, 3.63) is 41.6 Å². The molecule has 1 aromatic carbocycles. The highest BCUT2D eigenvalue weighted by atomic mass is 16.5. The first-order chi connectivity index (χ1) is 10.8. The minimum atomic E-state index is 0.500. The zero-order chi connectivity index (χ0) is 15.4. The molecule has 1 N–H and O–H groups in total. The minimum absolute atomic E-state index is 0.500. The number of anilines is 1. The van der Waals surface area contributed by atoms with Gasteiger partial charge in [0.25, 0.3) is 0 Å². The maximum absolute atomic E-state index is 5.26. The van der Waals surface area contributed by atoms with E-state index in [9.17, 15) is 0 Å². The fourth-order valence-corrected chi connectivity index (χ4v) is 2.59. The summed E-state index contributed by atoms with van der Waals surface area (Å²) in [5, 5.41) is 3.37. The van der Waals surface area contributed by atoms with Gasteiger partial charge in [0.05, 0.1) is 12.3 Å². The van der Waals surface area contributed by atoms with Gasteiger partial charge in [0.2, 0.25) is 0 Å². The molecule has 22 heavy (non-hydrogen) atoms. The third kappa shape index (κ3) is 3.43. The molecule has 0 bridgehead atoms. The quantitative estimate of drug-likeness (QED) is 0.936. The average Bonchev–Trinajstić information content (AvgIpc) is 2.56. The maximum atomic E-state index is 5.26. The topological polar surface area (TPSA) is 50.3 Å². The molecule has 5 nitrogen and oxygen atoms in total. The Morgan fingerprint density at radius 3 is 2.55 bits per heavy atom. The summed E-state index contributed by atoms with van der Waals surface area (Å²) in [6.45, 7) is 6.50. The number of nitrogens with one attached hydrogen (secondary N) is 1. The van der Waals surface area contributed by atoms with Gasteiger partial charge in [0.1, 0.15) is 5.82 Å². The number of nitrogens with zero attached hydrogens (tertiary/aromatic N) is 3. The number of rotatable bonds is 4. The van der Waals surface area contributed by atoms with Crippen molar-refractivity contribution in [2.45, 2.75) is 13.5 Å². The molecule has 1 aliphatic heterocycles. The molecule has 1 fully saturated rings. The molecular formula is C17H22N4O. The van der Waals surface area contributed by atoms with E-state index in [1.54, 1.807) is 7.11 Å². The lowest BCUT2D eigenvalue weighted by molar-refractivity contribution is 0.181. The van der Waals surface area contributed by atoms with E-state index < -0.39 is 0 Å². The monoisotopic (exact) mass is 298 g/mol. The van der Waals surface area contributed by atoms with Gasteiger partial charge in [-0.3, -0.25) is 0 Å². The van der Waals surface area contributed by atoms with Crippen LogP contribution in [-0.4, -0.2) is 43.3 Å². The van der Waals surface area contributed by atoms with Gasteiger partial charge >= 0.3 is 0 Å². The van der Waals surface area contributed by atoms with Crippen LogP contribution in [0.1, 0.15) is 11.3 Å². The van der Waals surface area contributed by atoms with Crippen molar-refractivity contribution in [2.75, 3.05) is 38.2 Å². The molecule has 3 rings (SSSR count). The van der Waals surface area contributed by atoms with E-state index in [2.05, 4.69) is 46.4 Å². The summed E-state index contributed by atoms with van der Waals surface area (Å²) in [6.07, 6.45) is 0. The first-order valence-corrected chi connectivity index (χ1v) is 7.66. The van der Waals surface area contributed by atoms with Gasteiger partial charge in [-0.05, 0) is 6.92 Å². The number of methoxy groups -OCH3 is 1. The van der Waals surface area contributed by atoms with Crippen molar-refractivity contribution in [2.24, 2.45) is 0 Å². The summed E-state index contributed by atoms with van der Waals surface area (Å²) in [5.74, 6) is 1.75.